The lowest BCUT2D eigenvalue weighted by molar-refractivity contribution is 0.815. The largest absolute Gasteiger partial charge is 0.103 e. The SMILES string of the molecule is [CH2]C=C.[CH]=CCCCC. The molecule has 0 saturated heterocycles. The molecule has 0 aliphatic carbocycles. The van der Waals surface area contributed by atoms with Crippen LogP contribution in [0.15, 0.2) is 18.7 Å². The van der Waals surface area contributed by atoms with Crippen molar-refractivity contribution in [3.05, 3.63) is 32.2 Å². The Morgan fingerprint density at radius 1 is 1.56 bits per heavy atom. The number of hydrogen-bond donors (Lipinski definition) is 0. The van der Waals surface area contributed by atoms with Crippen LogP contribution < -0.4 is 0 Å². The fourth-order valence-electron chi connectivity index (χ4n) is 0.322. The average Bonchev–Trinajstić information content (AvgIpc) is 1.86. The maximum atomic E-state index is 5.09. The zero-order valence-electron chi connectivity index (χ0n) is 6.27. The van der Waals surface area contributed by atoms with Gasteiger partial charge in [0.2, 0.25) is 0 Å². The maximum Gasteiger partial charge on any atom is -0.0319 e. The van der Waals surface area contributed by atoms with Crippen LogP contribution in [0.5, 0.6) is 0 Å². The predicted octanol–water partition coefficient (Wildman–Crippen LogP) is 3.17. The number of allylic oxidation sites excluding steroid dienone is 2. The van der Waals surface area contributed by atoms with Gasteiger partial charge in [-0.25, -0.2) is 0 Å². The molecule has 0 aliphatic rings. The molecule has 0 rings (SSSR count). The van der Waals surface area contributed by atoms with Gasteiger partial charge in [0.05, 0.1) is 0 Å². The third kappa shape index (κ3) is 36.5. The van der Waals surface area contributed by atoms with Crippen LogP contribution in [0, 0.1) is 13.5 Å². The van der Waals surface area contributed by atoms with Gasteiger partial charge in [-0.15, -0.1) is 6.58 Å². The highest BCUT2D eigenvalue weighted by molar-refractivity contribution is 4.66. The lowest BCUT2D eigenvalue weighted by atomic mass is 10.3. The Bertz CT molecular complexity index is 53.1. The summed E-state index contributed by atoms with van der Waals surface area (Å²) in [5.74, 6) is 0. The van der Waals surface area contributed by atoms with Gasteiger partial charge in [0, 0.05) is 0 Å². The normalized spacial score (nSPS) is 6.89. The second kappa shape index (κ2) is 15.6. The molecule has 0 fully saturated rings. The molecule has 0 N–H and O–H groups in total. The highest BCUT2D eigenvalue weighted by Gasteiger charge is 1.71. The number of rotatable bonds is 3. The van der Waals surface area contributed by atoms with E-state index in [-0.39, 0.29) is 0 Å². The van der Waals surface area contributed by atoms with Crippen LogP contribution in [0.1, 0.15) is 26.2 Å². The average molecular weight is 124 g/mol. The first-order chi connectivity index (χ1) is 4.33. The zero-order valence-corrected chi connectivity index (χ0v) is 6.27. The standard InChI is InChI=1S/C6H11.C3H5/c1-3-5-6-4-2;1-3-2/h1,3H,4-6H2,2H3;3H,1-2H2. The Morgan fingerprint density at radius 2 is 2.00 bits per heavy atom. The van der Waals surface area contributed by atoms with Crippen LogP contribution in [0.4, 0.5) is 0 Å². The first-order valence-electron chi connectivity index (χ1n) is 3.27. The second-order valence-corrected chi connectivity index (χ2v) is 1.67. The van der Waals surface area contributed by atoms with Gasteiger partial charge in [-0.05, 0) is 13.3 Å². The first kappa shape index (κ1) is 11.3. The Balaban J connectivity index is 0. The van der Waals surface area contributed by atoms with Crippen LogP contribution in [-0.2, 0) is 0 Å². The van der Waals surface area contributed by atoms with E-state index in [9.17, 15) is 0 Å². The van der Waals surface area contributed by atoms with Crippen molar-refractivity contribution in [2.45, 2.75) is 26.2 Å². The molecule has 0 amide bonds. The molecule has 0 spiro atoms. The van der Waals surface area contributed by atoms with Gasteiger partial charge in [0.15, 0.2) is 0 Å². The topological polar surface area (TPSA) is 0 Å². The number of unbranched alkanes of at least 4 members (excludes halogenated alkanes) is 2. The van der Waals surface area contributed by atoms with Crippen molar-refractivity contribution in [3.8, 4) is 0 Å². The van der Waals surface area contributed by atoms with Crippen LogP contribution in [0.2, 0.25) is 0 Å². The van der Waals surface area contributed by atoms with E-state index in [4.69, 9.17) is 6.58 Å². The summed E-state index contributed by atoms with van der Waals surface area (Å²) < 4.78 is 0. The molecule has 52 valence electrons. The van der Waals surface area contributed by atoms with Gasteiger partial charge in [0.1, 0.15) is 0 Å². The molecular formula is C9H16. The molecule has 0 heterocycles. The van der Waals surface area contributed by atoms with Crippen molar-refractivity contribution in [2.24, 2.45) is 0 Å². The predicted molar refractivity (Wildman–Crippen MR) is 43.9 cm³/mol. The van der Waals surface area contributed by atoms with E-state index >= 15 is 0 Å². The molecule has 2 radical (unpaired) electrons. The van der Waals surface area contributed by atoms with E-state index in [0.29, 0.717) is 0 Å². The van der Waals surface area contributed by atoms with Gasteiger partial charge in [-0.3, -0.25) is 0 Å². The Morgan fingerprint density at radius 3 is 2.11 bits per heavy atom. The van der Waals surface area contributed by atoms with Gasteiger partial charge >= 0.3 is 0 Å². The van der Waals surface area contributed by atoms with E-state index in [1.165, 1.54) is 18.9 Å². The first-order valence-corrected chi connectivity index (χ1v) is 3.27. The fourth-order valence-corrected chi connectivity index (χ4v) is 0.322. The smallest absolute Gasteiger partial charge is 0.0319 e. The quantitative estimate of drug-likeness (QED) is 0.507. The minimum absolute atomic E-state index is 1.07. The van der Waals surface area contributed by atoms with Gasteiger partial charge < -0.3 is 0 Å². The molecule has 0 bridgehead atoms. The van der Waals surface area contributed by atoms with E-state index in [0.717, 1.165) is 6.42 Å². The molecule has 0 aromatic rings. The van der Waals surface area contributed by atoms with Crippen LogP contribution in [0.3, 0.4) is 0 Å². The van der Waals surface area contributed by atoms with E-state index in [1.807, 2.05) is 0 Å². The third-order valence-electron chi connectivity index (χ3n) is 0.724. The van der Waals surface area contributed by atoms with Crippen molar-refractivity contribution >= 4 is 0 Å². The Labute approximate surface area is 59.3 Å². The molecule has 0 nitrogen and oxygen atoms in total. The highest BCUT2D eigenvalue weighted by atomic mass is 13.8. The van der Waals surface area contributed by atoms with Crippen molar-refractivity contribution in [3.63, 3.8) is 0 Å². The molecule has 0 atom stereocenters. The monoisotopic (exact) mass is 124 g/mol. The zero-order chi connectivity index (χ0) is 7.54. The molecular weight excluding hydrogens is 108 g/mol. The molecule has 0 unspecified atom stereocenters. The van der Waals surface area contributed by atoms with Crippen molar-refractivity contribution < 1.29 is 0 Å². The van der Waals surface area contributed by atoms with E-state index in [2.05, 4.69) is 20.4 Å². The third-order valence-corrected chi connectivity index (χ3v) is 0.724. The van der Waals surface area contributed by atoms with Crippen LogP contribution in [-0.4, -0.2) is 0 Å². The van der Waals surface area contributed by atoms with Crippen molar-refractivity contribution in [1.29, 1.82) is 0 Å². The van der Waals surface area contributed by atoms with E-state index < -0.39 is 0 Å². The van der Waals surface area contributed by atoms with Crippen molar-refractivity contribution in [1.82, 2.24) is 0 Å². The minimum Gasteiger partial charge on any atom is -0.103 e. The van der Waals surface area contributed by atoms with Gasteiger partial charge in [-0.1, -0.05) is 38.5 Å². The molecule has 0 saturated carbocycles. The fraction of sp³-hybridized carbons (Fsp3) is 0.444. The summed E-state index contributed by atoms with van der Waals surface area (Å²) in [7, 11) is 0. The summed E-state index contributed by atoms with van der Waals surface area (Å²) in [6.45, 7) is 13.7. The lowest BCUT2D eigenvalue weighted by Gasteiger charge is -1.81. The maximum absolute atomic E-state index is 5.09. The van der Waals surface area contributed by atoms with Gasteiger partial charge in [-0.2, -0.15) is 0 Å². The molecule has 0 aromatic heterocycles. The molecule has 0 aliphatic heterocycles. The number of hydrogen-bond acceptors (Lipinski definition) is 0. The lowest BCUT2D eigenvalue weighted by Crippen LogP contribution is -1.62. The summed E-state index contributed by atoms with van der Waals surface area (Å²) in [5, 5.41) is 0. The van der Waals surface area contributed by atoms with Crippen molar-refractivity contribution in [2.75, 3.05) is 0 Å². The summed E-state index contributed by atoms with van der Waals surface area (Å²) >= 11 is 0. The Kier molecular flexibility index (Phi) is 19.6. The van der Waals surface area contributed by atoms with Crippen LogP contribution >= 0.6 is 0 Å². The molecule has 0 heteroatoms. The second-order valence-electron chi connectivity index (χ2n) is 1.67. The summed E-state index contributed by atoms with van der Waals surface area (Å²) in [5.41, 5.74) is 0. The minimum atomic E-state index is 1.07. The Hall–Kier alpha value is -0.520. The summed E-state index contributed by atoms with van der Waals surface area (Å²) in [6, 6.07) is 0. The summed E-state index contributed by atoms with van der Waals surface area (Å²) in [4.78, 5) is 0. The van der Waals surface area contributed by atoms with Gasteiger partial charge in [0.25, 0.3) is 0 Å². The highest BCUT2D eigenvalue weighted by Crippen LogP contribution is 1.91. The molecule has 9 heavy (non-hydrogen) atoms. The van der Waals surface area contributed by atoms with E-state index in [1.54, 1.807) is 6.08 Å². The molecule has 0 aromatic carbocycles. The van der Waals surface area contributed by atoms with Crippen LogP contribution in [0.25, 0.3) is 0 Å². The summed E-state index contributed by atoms with van der Waals surface area (Å²) in [6.07, 6.45) is 6.75.